The number of aliphatic hydroxyl groups excluding tert-OH is 1. The predicted octanol–water partition coefficient (Wildman–Crippen LogP) is 1.53. The number of nitrogens with one attached hydrogen (secondary N) is 2. The topological polar surface area (TPSA) is 83.0 Å². The molecule has 0 saturated heterocycles. The number of rotatable bonds is 5. The van der Waals surface area contributed by atoms with Crippen molar-refractivity contribution in [3.63, 3.8) is 0 Å². The lowest BCUT2D eigenvalue weighted by molar-refractivity contribution is 0.142. The fourth-order valence-corrected chi connectivity index (χ4v) is 2.48. The molecule has 1 saturated carbocycles. The van der Waals surface area contributed by atoms with Crippen molar-refractivity contribution in [2.24, 2.45) is 5.41 Å². The largest absolute Gasteiger partial charge is 0.396 e. The molecule has 18 heavy (non-hydrogen) atoms. The lowest BCUT2D eigenvalue weighted by atomic mass is 9.87. The molecule has 1 aliphatic carbocycles. The van der Waals surface area contributed by atoms with Crippen LogP contribution in [0, 0.1) is 5.41 Å². The maximum Gasteiger partial charge on any atom is 0.228 e. The number of nitrogens with zero attached hydrogens (tertiary/aromatic N) is 3. The van der Waals surface area contributed by atoms with Crippen LogP contribution < -0.4 is 10.6 Å². The zero-order valence-corrected chi connectivity index (χ0v) is 11.2. The van der Waals surface area contributed by atoms with Crippen molar-refractivity contribution in [3.8, 4) is 0 Å². The van der Waals surface area contributed by atoms with Gasteiger partial charge in [-0.05, 0) is 24.4 Å². The Hall–Kier alpha value is -1.14. The van der Waals surface area contributed by atoms with E-state index in [0.29, 0.717) is 18.4 Å². The summed E-state index contributed by atoms with van der Waals surface area (Å²) in [6.45, 7) is 0.852. The highest BCUT2D eigenvalue weighted by Crippen LogP contribution is 2.37. The quantitative estimate of drug-likeness (QED) is 0.753. The molecule has 0 amide bonds. The first-order chi connectivity index (χ1) is 8.67. The zero-order valence-electron chi connectivity index (χ0n) is 10.4. The number of anilines is 2. The molecular formula is C11H18ClN5O. The second-order valence-corrected chi connectivity index (χ2v) is 5.06. The highest BCUT2D eigenvalue weighted by molar-refractivity contribution is 6.28. The van der Waals surface area contributed by atoms with Crippen LogP contribution in [-0.4, -0.2) is 40.3 Å². The summed E-state index contributed by atoms with van der Waals surface area (Å²) in [5.74, 6) is 0.876. The molecule has 0 aromatic carbocycles. The second kappa shape index (κ2) is 5.67. The average Bonchev–Trinajstić information content (AvgIpc) is 2.85. The maximum absolute atomic E-state index is 9.52. The Kier molecular flexibility index (Phi) is 4.19. The molecule has 0 unspecified atom stereocenters. The van der Waals surface area contributed by atoms with Gasteiger partial charge in [-0.2, -0.15) is 15.0 Å². The van der Waals surface area contributed by atoms with E-state index in [1.807, 2.05) is 0 Å². The molecule has 1 heterocycles. The SMILES string of the molecule is CNc1nc(Cl)nc(NCC2(CO)CCCC2)n1. The van der Waals surface area contributed by atoms with Gasteiger partial charge < -0.3 is 15.7 Å². The standard InChI is InChI=1S/C11H18ClN5O/c1-13-9-15-8(12)16-10(17-9)14-6-11(7-18)4-2-3-5-11/h18H,2-7H2,1H3,(H2,13,14,15,16,17). The van der Waals surface area contributed by atoms with E-state index in [1.165, 1.54) is 12.8 Å². The molecule has 0 spiro atoms. The Morgan fingerprint density at radius 2 is 1.89 bits per heavy atom. The van der Waals surface area contributed by atoms with E-state index in [4.69, 9.17) is 11.6 Å². The molecule has 0 bridgehead atoms. The molecule has 0 radical (unpaired) electrons. The zero-order chi connectivity index (χ0) is 13.0. The minimum absolute atomic E-state index is 0.0427. The van der Waals surface area contributed by atoms with Crippen LogP contribution in [0.3, 0.4) is 0 Å². The van der Waals surface area contributed by atoms with Crippen molar-refractivity contribution in [1.29, 1.82) is 0 Å². The van der Waals surface area contributed by atoms with Gasteiger partial charge >= 0.3 is 0 Å². The van der Waals surface area contributed by atoms with Crippen LogP contribution in [0.1, 0.15) is 25.7 Å². The third kappa shape index (κ3) is 3.00. The van der Waals surface area contributed by atoms with E-state index in [9.17, 15) is 5.11 Å². The van der Waals surface area contributed by atoms with Gasteiger partial charge in [-0.25, -0.2) is 0 Å². The van der Waals surface area contributed by atoms with E-state index in [1.54, 1.807) is 7.05 Å². The summed E-state index contributed by atoms with van der Waals surface area (Å²) in [5, 5.41) is 15.6. The first-order valence-electron chi connectivity index (χ1n) is 6.11. The fourth-order valence-electron chi connectivity index (χ4n) is 2.32. The van der Waals surface area contributed by atoms with Gasteiger partial charge in [0.25, 0.3) is 0 Å². The minimum atomic E-state index is -0.0427. The van der Waals surface area contributed by atoms with Gasteiger partial charge in [0.15, 0.2) is 0 Å². The van der Waals surface area contributed by atoms with Crippen LogP contribution in [0.4, 0.5) is 11.9 Å². The summed E-state index contributed by atoms with van der Waals surface area (Å²) >= 11 is 5.80. The van der Waals surface area contributed by atoms with Gasteiger partial charge in [0, 0.05) is 19.0 Å². The summed E-state index contributed by atoms with van der Waals surface area (Å²) in [7, 11) is 1.72. The molecule has 6 nitrogen and oxygen atoms in total. The molecule has 1 aromatic heterocycles. The molecule has 0 aliphatic heterocycles. The van der Waals surface area contributed by atoms with E-state index >= 15 is 0 Å². The Labute approximate surface area is 111 Å². The third-order valence-corrected chi connectivity index (χ3v) is 3.62. The Bertz CT molecular complexity index is 408. The smallest absolute Gasteiger partial charge is 0.228 e. The number of hydrogen-bond donors (Lipinski definition) is 3. The number of hydrogen-bond acceptors (Lipinski definition) is 6. The van der Waals surface area contributed by atoms with Gasteiger partial charge in [0.1, 0.15) is 0 Å². The first-order valence-corrected chi connectivity index (χ1v) is 6.49. The van der Waals surface area contributed by atoms with Crippen LogP contribution in [0.5, 0.6) is 0 Å². The Morgan fingerprint density at radius 1 is 1.22 bits per heavy atom. The van der Waals surface area contributed by atoms with Crippen molar-refractivity contribution in [2.75, 3.05) is 30.8 Å². The van der Waals surface area contributed by atoms with Crippen molar-refractivity contribution in [2.45, 2.75) is 25.7 Å². The van der Waals surface area contributed by atoms with Crippen molar-refractivity contribution in [3.05, 3.63) is 5.28 Å². The highest BCUT2D eigenvalue weighted by Gasteiger charge is 2.33. The number of halogens is 1. The maximum atomic E-state index is 9.52. The highest BCUT2D eigenvalue weighted by atomic mass is 35.5. The summed E-state index contributed by atoms with van der Waals surface area (Å²) in [4.78, 5) is 12.1. The van der Waals surface area contributed by atoms with Crippen LogP contribution >= 0.6 is 11.6 Å². The van der Waals surface area contributed by atoms with Gasteiger partial charge in [-0.15, -0.1) is 0 Å². The van der Waals surface area contributed by atoms with E-state index < -0.39 is 0 Å². The summed E-state index contributed by atoms with van der Waals surface area (Å²) in [6.07, 6.45) is 4.41. The van der Waals surface area contributed by atoms with Crippen LogP contribution in [-0.2, 0) is 0 Å². The van der Waals surface area contributed by atoms with E-state index in [2.05, 4.69) is 25.6 Å². The van der Waals surface area contributed by atoms with Crippen LogP contribution in [0.2, 0.25) is 5.28 Å². The van der Waals surface area contributed by atoms with Crippen LogP contribution in [0.25, 0.3) is 0 Å². The lowest BCUT2D eigenvalue weighted by Crippen LogP contribution is -2.31. The van der Waals surface area contributed by atoms with Crippen molar-refractivity contribution in [1.82, 2.24) is 15.0 Å². The fraction of sp³-hybridized carbons (Fsp3) is 0.727. The normalized spacial score (nSPS) is 17.7. The average molecular weight is 272 g/mol. The monoisotopic (exact) mass is 271 g/mol. The molecular weight excluding hydrogens is 254 g/mol. The molecule has 1 aromatic rings. The van der Waals surface area contributed by atoms with Crippen molar-refractivity contribution < 1.29 is 5.11 Å². The second-order valence-electron chi connectivity index (χ2n) is 4.72. The molecule has 7 heteroatoms. The van der Waals surface area contributed by atoms with Gasteiger partial charge in [0.2, 0.25) is 17.2 Å². The molecule has 100 valence electrons. The first kappa shape index (κ1) is 13.3. The molecule has 1 fully saturated rings. The number of aliphatic hydroxyl groups is 1. The van der Waals surface area contributed by atoms with Gasteiger partial charge in [0.05, 0.1) is 6.61 Å². The van der Waals surface area contributed by atoms with Crippen molar-refractivity contribution >= 4 is 23.5 Å². The Morgan fingerprint density at radius 3 is 2.50 bits per heavy atom. The molecule has 2 rings (SSSR count). The van der Waals surface area contributed by atoms with Gasteiger partial charge in [-0.3, -0.25) is 0 Å². The summed E-state index contributed by atoms with van der Waals surface area (Å²) in [5.41, 5.74) is -0.0427. The van der Waals surface area contributed by atoms with E-state index in [-0.39, 0.29) is 17.3 Å². The molecule has 1 aliphatic rings. The number of aromatic nitrogens is 3. The van der Waals surface area contributed by atoms with Gasteiger partial charge in [-0.1, -0.05) is 12.8 Å². The molecule has 3 N–H and O–H groups in total. The summed E-state index contributed by atoms with van der Waals surface area (Å²) < 4.78 is 0. The lowest BCUT2D eigenvalue weighted by Gasteiger charge is -2.26. The van der Waals surface area contributed by atoms with E-state index in [0.717, 1.165) is 12.8 Å². The minimum Gasteiger partial charge on any atom is -0.396 e. The third-order valence-electron chi connectivity index (χ3n) is 3.45. The predicted molar refractivity (Wildman–Crippen MR) is 70.9 cm³/mol. The molecule has 0 atom stereocenters. The summed E-state index contributed by atoms with van der Waals surface area (Å²) in [6, 6.07) is 0. The van der Waals surface area contributed by atoms with Crippen LogP contribution in [0.15, 0.2) is 0 Å². The Balaban J connectivity index is 2.03.